The first-order chi connectivity index (χ1) is 6.17. The molecular formula is C10H17NO2. The lowest BCUT2D eigenvalue weighted by Gasteiger charge is -2.06. The SMILES string of the molecule is C=CCOC(=O)C(N)=C(CC)CC. The number of hydrogen-bond donors (Lipinski definition) is 1. The van der Waals surface area contributed by atoms with Gasteiger partial charge in [0.25, 0.3) is 0 Å². The lowest BCUT2D eigenvalue weighted by molar-refractivity contribution is -0.137. The van der Waals surface area contributed by atoms with Gasteiger partial charge in [-0.1, -0.05) is 26.5 Å². The molecule has 13 heavy (non-hydrogen) atoms. The van der Waals surface area contributed by atoms with Crippen LogP contribution in [0, 0.1) is 0 Å². The van der Waals surface area contributed by atoms with E-state index in [2.05, 4.69) is 6.58 Å². The van der Waals surface area contributed by atoms with E-state index in [1.54, 1.807) is 0 Å². The second kappa shape index (κ2) is 6.29. The summed E-state index contributed by atoms with van der Waals surface area (Å²) in [7, 11) is 0. The summed E-state index contributed by atoms with van der Waals surface area (Å²) < 4.78 is 4.80. The highest BCUT2D eigenvalue weighted by atomic mass is 16.5. The van der Waals surface area contributed by atoms with Gasteiger partial charge in [-0.25, -0.2) is 4.79 Å². The molecule has 0 rings (SSSR count). The van der Waals surface area contributed by atoms with Gasteiger partial charge in [0.15, 0.2) is 0 Å². The molecule has 0 aromatic heterocycles. The van der Waals surface area contributed by atoms with E-state index in [-0.39, 0.29) is 12.3 Å². The van der Waals surface area contributed by atoms with E-state index in [0.717, 1.165) is 18.4 Å². The molecule has 0 saturated heterocycles. The number of rotatable bonds is 5. The van der Waals surface area contributed by atoms with Crippen LogP contribution in [0.4, 0.5) is 0 Å². The summed E-state index contributed by atoms with van der Waals surface area (Å²) in [6.07, 6.45) is 3.08. The van der Waals surface area contributed by atoms with Crippen LogP contribution in [0.25, 0.3) is 0 Å². The molecular weight excluding hydrogens is 166 g/mol. The van der Waals surface area contributed by atoms with Crippen LogP contribution < -0.4 is 5.73 Å². The maximum Gasteiger partial charge on any atom is 0.354 e. The van der Waals surface area contributed by atoms with Crippen LogP contribution in [0.2, 0.25) is 0 Å². The van der Waals surface area contributed by atoms with Crippen molar-refractivity contribution in [1.82, 2.24) is 0 Å². The minimum absolute atomic E-state index is 0.209. The molecule has 0 radical (unpaired) electrons. The molecule has 0 unspecified atom stereocenters. The van der Waals surface area contributed by atoms with Crippen molar-refractivity contribution >= 4 is 5.97 Å². The van der Waals surface area contributed by atoms with Gasteiger partial charge in [-0.15, -0.1) is 0 Å². The lowest BCUT2D eigenvalue weighted by atomic mass is 10.1. The van der Waals surface area contributed by atoms with Crippen molar-refractivity contribution < 1.29 is 9.53 Å². The average molecular weight is 183 g/mol. The molecule has 2 N–H and O–H groups in total. The molecule has 0 spiro atoms. The van der Waals surface area contributed by atoms with Crippen LogP contribution in [0.3, 0.4) is 0 Å². The quantitative estimate of drug-likeness (QED) is 0.401. The number of esters is 1. The molecule has 0 fully saturated rings. The fourth-order valence-electron chi connectivity index (χ4n) is 0.988. The summed E-state index contributed by atoms with van der Waals surface area (Å²) in [5.74, 6) is -0.446. The average Bonchev–Trinajstić information content (AvgIpc) is 2.15. The van der Waals surface area contributed by atoms with Gasteiger partial charge in [0.05, 0.1) is 0 Å². The molecule has 0 heterocycles. The first-order valence-electron chi connectivity index (χ1n) is 4.42. The number of ether oxygens (including phenoxy) is 1. The Morgan fingerprint density at radius 2 is 2.00 bits per heavy atom. The monoisotopic (exact) mass is 183 g/mol. The Bertz CT molecular complexity index is 213. The number of hydrogen-bond acceptors (Lipinski definition) is 3. The van der Waals surface area contributed by atoms with Crippen molar-refractivity contribution in [3.05, 3.63) is 23.9 Å². The Hall–Kier alpha value is -1.25. The van der Waals surface area contributed by atoms with Crippen LogP contribution in [0.5, 0.6) is 0 Å². The third-order valence-electron chi connectivity index (χ3n) is 1.79. The van der Waals surface area contributed by atoms with Gasteiger partial charge in [0, 0.05) is 0 Å². The zero-order valence-electron chi connectivity index (χ0n) is 8.30. The molecule has 0 amide bonds. The van der Waals surface area contributed by atoms with Crippen LogP contribution in [-0.4, -0.2) is 12.6 Å². The van der Waals surface area contributed by atoms with Gasteiger partial charge in [0.2, 0.25) is 0 Å². The minimum atomic E-state index is -0.446. The summed E-state index contributed by atoms with van der Waals surface area (Å²) in [5, 5.41) is 0. The van der Waals surface area contributed by atoms with Crippen molar-refractivity contribution in [3.8, 4) is 0 Å². The van der Waals surface area contributed by atoms with Crippen molar-refractivity contribution in [2.75, 3.05) is 6.61 Å². The molecule has 0 aromatic carbocycles. The molecule has 0 aliphatic heterocycles. The maximum absolute atomic E-state index is 11.2. The van der Waals surface area contributed by atoms with Gasteiger partial charge in [-0.2, -0.15) is 0 Å². The predicted octanol–water partition coefficient (Wildman–Crippen LogP) is 1.75. The van der Waals surface area contributed by atoms with Crippen molar-refractivity contribution in [2.24, 2.45) is 5.73 Å². The molecule has 0 aromatic rings. The second-order valence-corrected chi connectivity index (χ2v) is 2.61. The van der Waals surface area contributed by atoms with Crippen LogP contribution in [0.1, 0.15) is 26.7 Å². The van der Waals surface area contributed by atoms with E-state index in [1.807, 2.05) is 13.8 Å². The molecule has 74 valence electrons. The Kier molecular flexibility index (Phi) is 5.68. The lowest BCUT2D eigenvalue weighted by Crippen LogP contribution is -2.17. The van der Waals surface area contributed by atoms with E-state index in [4.69, 9.17) is 10.5 Å². The molecule has 0 bridgehead atoms. The predicted molar refractivity (Wildman–Crippen MR) is 53.0 cm³/mol. The molecule has 0 saturated carbocycles. The summed E-state index contributed by atoms with van der Waals surface area (Å²) in [5.41, 5.74) is 6.78. The maximum atomic E-state index is 11.2. The number of carbonyl (C=O) groups is 1. The van der Waals surface area contributed by atoms with Crippen molar-refractivity contribution in [3.63, 3.8) is 0 Å². The van der Waals surface area contributed by atoms with Crippen molar-refractivity contribution in [2.45, 2.75) is 26.7 Å². The first kappa shape index (κ1) is 11.8. The Balaban J connectivity index is 4.36. The van der Waals surface area contributed by atoms with Gasteiger partial charge in [0.1, 0.15) is 12.3 Å². The van der Waals surface area contributed by atoms with Gasteiger partial charge >= 0.3 is 5.97 Å². The minimum Gasteiger partial charge on any atom is -0.457 e. The molecule has 3 heteroatoms. The van der Waals surface area contributed by atoms with Crippen LogP contribution in [0.15, 0.2) is 23.9 Å². The van der Waals surface area contributed by atoms with Gasteiger partial charge in [-0.05, 0) is 18.4 Å². The van der Waals surface area contributed by atoms with Crippen LogP contribution in [-0.2, 0) is 9.53 Å². The van der Waals surface area contributed by atoms with E-state index in [1.165, 1.54) is 6.08 Å². The summed E-state index contributed by atoms with van der Waals surface area (Å²) in [4.78, 5) is 11.2. The van der Waals surface area contributed by atoms with E-state index >= 15 is 0 Å². The van der Waals surface area contributed by atoms with Crippen molar-refractivity contribution in [1.29, 1.82) is 0 Å². The van der Waals surface area contributed by atoms with E-state index < -0.39 is 5.97 Å². The Labute approximate surface area is 79.3 Å². The summed E-state index contributed by atoms with van der Waals surface area (Å²) in [6.45, 7) is 7.58. The standard InChI is InChI=1S/C10H17NO2/c1-4-7-13-10(12)9(11)8(5-2)6-3/h4H,1,5-7,11H2,2-3H3. The van der Waals surface area contributed by atoms with Gasteiger partial charge < -0.3 is 10.5 Å². The second-order valence-electron chi connectivity index (χ2n) is 2.61. The number of carbonyl (C=O) groups excluding carboxylic acids is 1. The fourth-order valence-corrected chi connectivity index (χ4v) is 0.988. The van der Waals surface area contributed by atoms with E-state index in [0.29, 0.717) is 0 Å². The topological polar surface area (TPSA) is 52.3 Å². The Morgan fingerprint density at radius 1 is 1.46 bits per heavy atom. The molecule has 0 atom stereocenters. The smallest absolute Gasteiger partial charge is 0.354 e. The largest absolute Gasteiger partial charge is 0.457 e. The number of allylic oxidation sites excluding steroid dienone is 1. The molecule has 0 aliphatic rings. The fraction of sp³-hybridized carbons (Fsp3) is 0.500. The molecule has 3 nitrogen and oxygen atoms in total. The zero-order chi connectivity index (χ0) is 10.3. The Morgan fingerprint density at radius 3 is 2.38 bits per heavy atom. The normalized spacial score (nSPS) is 9.08. The third-order valence-corrected chi connectivity index (χ3v) is 1.79. The summed E-state index contributed by atoms with van der Waals surface area (Å²) >= 11 is 0. The highest BCUT2D eigenvalue weighted by Crippen LogP contribution is 2.09. The highest BCUT2D eigenvalue weighted by Gasteiger charge is 2.09. The number of nitrogens with two attached hydrogens (primary N) is 1. The third kappa shape index (κ3) is 3.78. The van der Waals surface area contributed by atoms with Gasteiger partial charge in [-0.3, -0.25) is 0 Å². The summed E-state index contributed by atoms with van der Waals surface area (Å²) in [6, 6.07) is 0. The molecule has 0 aliphatic carbocycles. The van der Waals surface area contributed by atoms with E-state index in [9.17, 15) is 4.79 Å². The van der Waals surface area contributed by atoms with Crippen LogP contribution >= 0.6 is 0 Å². The highest BCUT2D eigenvalue weighted by molar-refractivity contribution is 5.88. The first-order valence-corrected chi connectivity index (χ1v) is 4.42. The zero-order valence-corrected chi connectivity index (χ0v) is 8.30.